The topological polar surface area (TPSA) is 70.8 Å². The normalized spacial score (nSPS) is 17.7. The zero-order valence-electron chi connectivity index (χ0n) is 17.6. The number of ether oxygens (including phenoxy) is 1. The summed E-state index contributed by atoms with van der Waals surface area (Å²) in [6, 6.07) is 14.8. The molecule has 2 heterocycles. The largest absolute Gasteiger partial charge is 0.469 e. The highest BCUT2D eigenvalue weighted by atomic mass is 16.5. The molecule has 6 heteroatoms. The van der Waals surface area contributed by atoms with E-state index in [1.807, 2.05) is 12.1 Å². The molecule has 1 atom stereocenters. The molecule has 2 aromatic rings. The van der Waals surface area contributed by atoms with E-state index in [1.54, 1.807) is 6.26 Å². The van der Waals surface area contributed by atoms with Crippen LogP contribution >= 0.6 is 0 Å². The molecule has 0 aliphatic carbocycles. The summed E-state index contributed by atoms with van der Waals surface area (Å²) in [6.45, 7) is 8.18. The molecule has 0 saturated carbocycles. The number of hydrogen-bond donors (Lipinski definition) is 3. The number of furan rings is 1. The lowest BCUT2D eigenvalue weighted by molar-refractivity contribution is 0.0374. The molecule has 3 rings (SSSR count). The maximum absolute atomic E-state index is 5.64. The quantitative estimate of drug-likeness (QED) is 0.447. The first-order valence-corrected chi connectivity index (χ1v) is 10.7. The van der Waals surface area contributed by atoms with Gasteiger partial charge in [-0.3, -0.25) is 4.99 Å². The third-order valence-corrected chi connectivity index (χ3v) is 5.40. The average Bonchev–Trinajstić information content (AvgIpc) is 3.27. The van der Waals surface area contributed by atoms with Crippen molar-refractivity contribution in [3.05, 3.63) is 60.1 Å². The highest BCUT2D eigenvalue weighted by molar-refractivity contribution is 5.79. The molecule has 1 saturated heterocycles. The number of aliphatic imine (C=N–C) groups is 1. The van der Waals surface area contributed by atoms with Crippen molar-refractivity contribution in [2.75, 3.05) is 32.8 Å². The van der Waals surface area contributed by atoms with Gasteiger partial charge in [0.25, 0.3) is 0 Å². The summed E-state index contributed by atoms with van der Waals surface area (Å²) in [5.74, 6) is 1.83. The van der Waals surface area contributed by atoms with Crippen LogP contribution in [-0.4, -0.2) is 44.3 Å². The molecular weight excluding hydrogens is 364 g/mol. The minimum Gasteiger partial charge on any atom is -0.469 e. The Morgan fingerprint density at radius 1 is 1.10 bits per heavy atom. The van der Waals surface area contributed by atoms with E-state index in [2.05, 4.69) is 60.1 Å². The number of benzene rings is 1. The Bertz CT molecular complexity index is 725. The van der Waals surface area contributed by atoms with E-state index in [1.165, 1.54) is 5.56 Å². The Kier molecular flexibility index (Phi) is 8.14. The van der Waals surface area contributed by atoms with Crippen LogP contribution in [0.4, 0.5) is 0 Å². The zero-order valence-corrected chi connectivity index (χ0v) is 17.6. The number of nitrogens with zero attached hydrogens (tertiary/aromatic N) is 1. The van der Waals surface area contributed by atoms with E-state index in [0.717, 1.165) is 57.3 Å². The summed E-state index contributed by atoms with van der Waals surface area (Å²) in [4.78, 5) is 4.92. The molecular formula is C23H34N4O2. The molecule has 29 heavy (non-hydrogen) atoms. The van der Waals surface area contributed by atoms with E-state index in [4.69, 9.17) is 14.1 Å². The van der Waals surface area contributed by atoms with Gasteiger partial charge >= 0.3 is 0 Å². The Balaban J connectivity index is 1.63. The van der Waals surface area contributed by atoms with Gasteiger partial charge in [-0.1, -0.05) is 30.3 Å². The number of guanidine groups is 1. The highest BCUT2D eigenvalue weighted by Gasteiger charge is 2.34. The molecule has 0 bridgehead atoms. The average molecular weight is 399 g/mol. The van der Waals surface area contributed by atoms with Gasteiger partial charge in [-0.05, 0) is 44.4 Å². The number of rotatable bonds is 9. The van der Waals surface area contributed by atoms with Gasteiger partial charge in [0.2, 0.25) is 0 Å². The lowest BCUT2D eigenvalue weighted by Crippen LogP contribution is -2.53. The fourth-order valence-electron chi connectivity index (χ4n) is 3.73. The zero-order chi connectivity index (χ0) is 20.4. The molecule has 1 aromatic carbocycles. The summed E-state index contributed by atoms with van der Waals surface area (Å²) < 4.78 is 11.1. The van der Waals surface area contributed by atoms with Crippen molar-refractivity contribution < 1.29 is 9.15 Å². The van der Waals surface area contributed by atoms with Gasteiger partial charge in [0.05, 0.1) is 12.8 Å². The minimum atomic E-state index is -0.0587. The molecule has 1 aromatic heterocycles. The molecule has 0 amide bonds. The Labute approximate surface area is 174 Å². The fraction of sp³-hybridized carbons (Fsp3) is 0.522. The highest BCUT2D eigenvalue weighted by Crippen LogP contribution is 2.26. The standard InChI is InChI=1S/C23H34N4O2/c1-3-24-22(25-14-11-21-10-7-15-29-21)26-18-23(12-16-28-17-13-23)27-19(2)20-8-5-4-6-9-20/h4-10,15,19,27H,3,11-14,16-18H2,1-2H3,(H2,24,25,26). The summed E-state index contributed by atoms with van der Waals surface area (Å²) in [5.41, 5.74) is 1.24. The molecule has 1 unspecified atom stereocenters. The van der Waals surface area contributed by atoms with Gasteiger partial charge in [0, 0.05) is 44.3 Å². The van der Waals surface area contributed by atoms with Crippen molar-refractivity contribution in [1.29, 1.82) is 0 Å². The predicted molar refractivity (Wildman–Crippen MR) is 117 cm³/mol. The van der Waals surface area contributed by atoms with Crippen LogP contribution in [-0.2, 0) is 11.2 Å². The van der Waals surface area contributed by atoms with Crippen LogP contribution in [0.3, 0.4) is 0 Å². The van der Waals surface area contributed by atoms with Gasteiger partial charge in [-0.2, -0.15) is 0 Å². The molecule has 0 spiro atoms. The Morgan fingerprint density at radius 2 is 1.90 bits per heavy atom. The number of hydrogen-bond acceptors (Lipinski definition) is 4. The Hall–Kier alpha value is -2.31. The van der Waals surface area contributed by atoms with Crippen molar-refractivity contribution in [3.63, 3.8) is 0 Å². The molecule has 1 fully saturated rings. The third-order valence-electron chi connectivity index (χ3n) is 5.40. The second-order valence-corrected chi connectivity index (χ2v) is 7.62. The maximum Gasteiger partial charge on any atom is 0.191 e. The molecule has 0 radical (unpaired) electrons. The first-order valence-electron chi connectivity index (χ1n) is 10.7. The van der Waals surface area contributed by atoms with Crippen molar-refractivity contribution in [1.82, 2.24) is 16.0 Å². The van der Waals surface area contributed by atoms with Crippen LogP contribution in [0.2, 0.25) is 0 Å². The smallest absolute Gasteiger partial charge is 0.191 e. The van der Waals surface area contributed by atoms with E-state index in [-0.39, 0.29) is 11.6 Å². The summed E-state index contributed by atoms with van der Waals surface area (Å²) in [5, 5.41) is 10.6. The van der Waals surface area contributed by atoms with Crippen LogP contribution in [0.5, 0.6) is 0 Å². The van der Waals surface area contributed by atoms with Gasteiger partial charge in [0.15, 0.2) is 5.96 Å². The molecule has 1 aliphatic heterocycles. The lowest BCUT2D eigenvalue weighted by Gasteiger charge is -2.39. The van der Waals surface area contributed by atoms with E-state index >= 15 is 0 Å². The van der Waals surface area contributed by atoms with Crippen molar-refractivity contribution in [2.45, 2.75) is 44.7 Å². The predicted octanol–water partition coefficient (Wildman–Crippen LogP) is 3.28. The molecule has 1 aliphatic rings. The van der Waals surface area contributed by atoms with Gasteiger partial charge < -0.3 is 25.1 Å². The fourth-order valence-corrected chi connectivity index (χ4v) is 3.73. The van der Waals surface area contributed by atoms with Crippen LogP contribution in [0, 0.1) is 0 Å². The van der Waals surface area contributed by atoms with Gasteiger partial charge in [0.1, 0.15) is 5.76 Å². The lowest BCUT2D eigenvalue weighted by atomic mass is 9.88. The van der Waals surface area contributed by atoms with Gasteiger partial charge in [-0.25, -0.2) is 0 Å². The summed E-state index contributed by atoms with van der Waals surface area (Å²) >= 11 is 0. The SMILES string of the molecule is CCNC(=NCC1(NC(C)c2ccccc2)CCOCC1)NCCc1ccco1. The second kappa shape index (κ2) is 11.0. The van der Waals surface area contributed by atoms with Crippen molar-refractivity contribution in [2.24, 2.45) is 4.99 Å². The molecule has 3 N–H and O–H groups in total. The van der Waals surface area contributed by atoms with Crippen molar-refractivity contribution in [3.8, 4) is 0 Å². The minimum absolute atomic E-state index is 0.0587. The summed E-state index contributed by atoms with van der Waals surface area (Å²) in [7, 11) is 0. The monoisotopic (exact) mass is 398 g/mol. The van der Waals surface area contributed by atoms with Crippen LogP contribution < -0.4 is 16.0 Å². The second-order valence-electron chi connectivity index (χ2n) is 7.62. The molecule has 158 valence electrons. The van der Waals surface area contributed by atoms with Crippen LogP contribution in [0.25, 0.3) is 0 Å². The van der Waals surface area contributed by atoms with E-state index < -0.39 is 0 Å². The van der Waals surface area contributed by atoms with Crippen molar-refractivity contribution >= 4 is 5.96 Å². The van der Waals surface area contributed by atoms with Gasteiger partial charge in [-0.15, -0.1) is 0 Å². The molecule has 6 nitrogen and oxygen atoms in total. The van der Waals surface area contributed by atoms with E-state index in [9.17, 15) is 0 Å². The Morgan fingerprint density at radius 3 is 2.59 bits per heavy atom. The van der Waals surface area contributed by atoms with E-state index in [0.29, 0.717) is 6.54 Å². The first kappa shape index (κ1) is 21.4. The van der Waals surface area contributed by atoms with Crippen LogP contribution in [0.1, 0.15) is 44.1 Å². The first-order chi connectivity index (χ1) is 14.2. The summed E-state index contributed by atoms with van der Waals surface area (Å²) in [6.07, 6.45) is 4.46. The van der Waals surface area contributed by atoms with Crippen LogP contribution in [0.15, 0.2) is 58.1 Å². The number of nitrogens with one attached hydrogen (secondary N) is 3. The maximum atomic E-state index is 5.64. The third kappa shape index (κ3) is 6.61.